The van der Waals surface area contributed by atoms with Gasteiger partial charge in [0.2, 0.25) is 0 Å². The molecule has 0 spiro atoms. The van der Waals surface area contributed by atoms with Gasteiger partial charge in [0.05, 0.1) is 11.2 Å². The Bertz CT molecular complexity index is 685. The van der Waals surface area contributed by atoms with Crippen molar-refractivity contribution < 1.29 is 4.74 Å². The summed E-state index contributed by atoms with van der Waals surface area (Å²) in [6, 6.07) is 3.34. The summed E-state index contributed by atoms with van der Waals surface area (Å²) in [6.07, 6.45) is 10.8. The summed E-state index contributed by atoms with van der Waals surface area (Å²) in [5, 5.41) is 5.01. The highest BCUT2D eigenvalue weighted by Gasteiger charge is 2.28. The van der Waals surface area contributed by atoms with Crippen molar-refractivity contribution in [2.24, 2.45) is 0 Å². The zero-order valence-electron chi connectivity index (χ0n) is 14.2. The molecule has 23 heavy (non-hydrogen) atoms. The number of pyridine rings is 1. The van der Waals surface area contributed by atoms with E-state index in [0.717, 1.165) is 31.2 Å². The molecule has 2 heterocycles. The van der Waals surface area contributed by atoms with E-state index < -0.39 is 0 Å². The third-order valence-electron chi connectivity index (χ3n) is 5.09. The Morgan fingerprint density at radius 3 is 2.87 bits per heavy atom. The Labute approximate surface area is 138 Å². The molecule has 0 saturated heterocycles. The molecule has 2 aliphatic carbocycles. The fourth-order valence-corrected chi connectivity index (χ4v) is 3.44. The third-order valence-corrected chi connectivity index (χ3v) is 5.09. The van der Waals surface area contributed by atoms with Gasteiger partial charge >= 0.3 is 0 Å². The van der Waals surface area contributed by atoms with E-state index in [1.807, 2.05) is 0 Å². The first-order valence-corrected chi connectivity index (χ1v) is 9.00. The summed E-state index contributed by atoms with van der Waals surface area (Å²) in [7, 11) is 1.77. The maximum atomic E-state index is 5.22. The van der Waals surface area contributed by atoms with Gasteiger partial charge in [-0.3, -0.25) is 4.98 Å². The highest BCUT2D eigenvalue weighted by Crippen LogP contribution is 2.44. The Balaban J connectivity index is 1.64. The van der Waals surface area contributed by atoms with Crippen LogP contribution in [0.2, 0.25) is 0 Å². The van der Waals surface area contributed by atoms with Gasteiger partial charge in [0.25, 0.3) is 0 Å². The van der Waals surface area contributed by atoms with Crippen molar-refractivity contribution >= 4 is 10.9 Å². The van der Waals surface area contributed by atoms with E-state index in [9.17, 15) is 0 Å². The van der Waals surface area contributed by atoms with Crippen molar-refractivity contribution in [3.8, 4) is 0 Å². The number of nitrogens with one attached hydrogen (secondary N) is 1. The number of methoxy groups -OCH3 is 1. The normalized spacial score (nSPS) is 19.4. The van der Waals surface area contributed by atoms with Gasteiger partial charge < -0.3 is 14.6 Å². The van der Waals surface area contributed by atoms with Crippen LogP contribution in [-0.4, -0.2) is 29.3 Å². The van der Waals surface area contributed by atoms with Crippen LogP contribution in [0.1, 0.15) is 62.2 Å². The SMILES string of the molecule is COCCCn1cc(C2CC2)c2cnc(C(C)NC3CC3)cc21. The second kappa shape index (κ2) is 6.25. The molecule has 0 bridgehead atoms. The molecule has 124 valence electrons. The molecule has 0 amide bonds. The molecule has 4 rings (SSSR count). The molecule has 2 saturated carbocycles. The first-order valence-electron chi connectivity index (χ1n) is 9.00. The maximum Gasteiger partial charge on any atom is 0.0591 e. The molecule has 4 nitrogen and oxygen atoms in total. The summed E-state index contributed by atoms with van der Waals surface area (Å²) in [6.45, 7) is 4.06. The summed E-state index contributed by atoms with van der Waals surface area (Å²) in [4.78, 5) is 4.77. The summed E-state index contributed by atoms with van der Waals surface area (Å²) < 4.78 is 7.63. The quantitative estimate of drug-likeness (QED) is 0.754. The topological polar surface area (TPSA) is 39.1 Å². The van der Waals surface area contributed by atoms with Crippen molar-refractivity contribution in [1.29, 1.82) is 0 Å². The standard InChI is InChI=1S/C19H27N3O/c1-13(21-15-6-7-15)18-10-19-16(11-20-18)17(14-4-5-14)12-22(19)8-3-9-23-2/h10-15,21H,3-9H2,1-2H3. The predicted octanol–water partition coefficient (Wildman–Crippen LogP) is 3.76. The molecule has 1 atom stereocenters. The number of rotatable bonds is 8. The van der Waals surface area contributed by atoms with E-state index in [4.69, 9.17) is 9.72 Å². The van der Waals surface area contributed by atoms with Crippen LogP contribution in [-0.2, 0) is 11.3 Å². The van der Waals surface area contributed by atoms with Gasteiger partial charge in [0.1, 0.15) is 0 Å². The van der Waals surface area contributed by atoms with Crippen molar-refractivity contribution in [3.63, 3.8) is 0 Å². The van der Waals surface area contributed by atoms with Crippen LogP contribution in [0.4, 0.5) is 0 Å². The lowest BCUT2D eigenvalue weighted by Crippen LogP contribution is -2.21. The Morgan fingerprint density at radius 2 is 2.17 bits per heavy atom. The predicted molar refractivity (Wildman–Crippen MR) is 92.8 cm³/mol. The molecule has 2 fully saturated rings. The smallest absolute Gasteiger partial charge is 0.0591 e. The van der Waals surface area contributed by atoms with E-state index in [0.29, 0.717) is 12.1 Å². The van der Waals surface area contributed by atoms with Gasteiger partial charge in [-0.2, -0.15) is 0 Å². The van der Waals surface area contributed by atoms with Crippen LogP contribution in [0.3, 0.4) is 0 Å². The molecule has 2 aromatic rings. The number of aromatic nitrogens is 2. The average molecular weight is 313 g/mol. The van der Waals surface area contributed by atoms with Gasteiger partial charge in [-0.1, -0.05) is 0 Å². The Hall–Kier alpha value is -1.39. The van der Waals surface area contributed by atoms with Gasteiger partial charge in [0, 0.05) is 50.1 Å². The zero-order valence-corrected chi connectivity index (χ0v) is 14.2. The van der Waals surface area contributed by atoms with Crippen LogP contribution in [0, 0.1) is 0 Å². The average Bonchev–Trinajstić information content (AvgIpc) is 3.47. The van der Waals surface area contributed by atoms with E-state index in [-0.39, 0.29) is 0 Å². The fourth-order valence-electron chi connectivity index (χ4n) is 3.44. The number of nitrogens with zero attached hydrogens (tertiary/aromatic N) is 2. The molecular formula is C19H27N3O. The lowest BCUT2D eigenvalue weighted by atomic mass is 10.1. The van der Waals surface area contributed by atoms with E-state index in [2.05, 4.69) is 35.3 Å². The number of ether oxygens (including phenoxy) is 1. The lowest BCUT2D eigenvalue weighted by Gasteiger charge is -2.13. The van der Waals surface area contributed by atoms with E-state index in [1.165, 1.54) is 42.1 Å². The first-order chi connectivity index (χ1) is 11.3. The molecule has 0 aromatic carbocycles. The van der Waals surface area contributed by atoms with Crippen LogP contribution >= 0.6 is 0 Å². The van der Waals surface area contributed by atoms with Crippen LogP contribution in [0.15, 0.2) is 18.5 Å². The molecule has 1 unspecified atom stereocenters. The summed E-state index contributed by atoms with van der Waals surface area (Å²) in [5.74, 6) is 0.760. The van der Waals surface area contributed by atoms with E-state index >= 15 is 0 Å². The highest BCUT2D eigenvalue weighted by molar-refractivity contribution is 5.84. The Morgan fingerprint density at radius 1 is 1.35 bits per heavy atom. The molecule has 0 aliphatic heterocycles. The molecular weight excluding hydrogens is 286 g/mol. The summed E-state index contributed by atoms with van der Waals surface area (Å²) in [5.41, 5.74) is 4.01. The second-order valence-corrected chi connectivity index (χ2v) is 7.19. The van der Waals surface area contributed by atoms with Crippen LogP contribution < -0.4 is 5.32 Å². The molecule has 0 radical (unpaired) electrons. The summed E-state index contributed by atoms with van der Waals surface area (Å²) >= 11 is 0. The minimum atomic E-state index is 0.332. The second-order valence-electron chi connectivity index (χ2n) is 7.19. The third kappa shape index (κ3) is 3.29. The zero-order chi connectivity index (χ0) is 15.8. The van der Waals surface area contributed by atoms with Gasteiger partial charge in [-0.15, -0.1) is 0 Å². The van der Waals surface area contributed by atoms with Gasteiger partial charge in [0.15, 0.2) is 0 Å². The maximum absolute atomic E-state index is 5.22. The van der Waals surface area contributed by atoms with E-state index in [1.54, 1.807) is 7.11 Å². The highest BCUT2D eigenvalue weighted by atomic mass is 16.5. The number of fused-ring (bicyclic) bond motifs is 1. The molecule has 4 heteroatoms. The number of hydrogen-bond donors (Lipinski definition) is 1. The fraction of sp³-hybridized carbons (Fsp3) is 0.632. The first kappa shape index (κ1) is 15.2. The van der Waals surface area contributed by atoms with Crippen molar-refractivity contribution in [2.75, 3.05) is 13.7 Å². The molecule has 2 aliphatic rings. The number of aryl methyl sites for hydroxylation is 1. The van der Waals surface area contributed by atoms with Crippen LogP contribution in [0.5, 0.6) is 0 Å². The van der Waals surface area contributed by atoms with Crippen molar-refractivity contribution in [2.45, 2.75) is 63.6 Å². The Kier molecular flexibility index (Phi) is 4.12. The molecule has 1 N–H and O–H groups in total. The largest absolute Gasteiger partial charge is 0.385 e. The van der Waals surface area contributed by atoms with Crippen molar-refractivity contribution in [3.05, 3.63) is 29.7 Å². The minimum absolute atomic E-state index is 0.332. The minimum Gasteiger partial charge on any atom is -0.385 e. The number of hydrogen-bond acceptors (Lipinski definition) is 3. The van der Waals surface area contributed by atoms with Crippen molar-refractivity contribution in [1.82, 2.24) is 14.9 Å². The van der Waals surface area contributed by atoms with Crippen LogP contribution in [0.25, 0.3) is 10.9 Å². The molecule has 2 aromatic heterocycles. The lowest BCUT2D eigenvalue weighted by molar-refractivity contribution is 0.190. The van der Waals surface area contributed by atoms with Gasteiger partial charge in [-0.25, -0.2) is 0 Å². The monoisotopic (exact) mass is 313 g/mol. The van der Waals surface area contributed by atoms with Gasteiger partial charge in [-0.05, 0) is 56.6 Å².